The second kappa shape index (κ2) is 11.7. The minimum Gasteiger partial charge on any atom is -0.481 e. The third-order valence-electron chi connectivity index (χ3n) is 2.53. The van der Waals surface area contributed by atoms with Gasteiger partial charge in [-0.3, -0.25) is 28.8 Å². The molecule has 134 valence electrons. The molecule has 0 aromatic carbocycles. The number of carboxylic acid groups (broad SMARTS) is 2. The van der Waals surface area contributed by atoms with Gasteiger partial charge in [-0.25, -0.2) is 0 Å². The van der Waals surface area contributed by atoms with Gasteiger partial charge >= 0.3 is 35.8 Å². The lowest BCUT2D eigenvalue weighted by Crippen LogP contribution is -2.16. The molecule has 0 fully saturated rings. The second-order valence-corrected chi connectivity index (χ2v) is 4.69. The summed E-state index contributed by atoms with van der Waals surface area (Å²) in [5, 5.41) is 16.8. The maximum Gasteiger partial charge on any atom is 0.314 e. The van der Waals surface area contributed by atoms with Crippen LogP contribution < -0.4 is 0 Å². The SMILES string of the molecule is O=C(O)CCCC(=O)OC(=O)CCC(=O)OC(=O)CCCC(=O)O. The maximum absolute atomic E-state index is 11.3. The number of aliphatic carboxylic acids is 2. The van der Waals surface area contributed by atoms with Gasteiger partial charge in [0.05, 0.1) is 12.8 Å². The van der Waals surface area contributed by atoms with Crippen LogP contribution in [0.2, 0.25) is 0 Å². The Bertz CT molecular complexity index is 462. The van der Waals surface area contributed by atoms with E-state index in [0.717, 1.165) is 0 Å². The van der Waals surface area contributed by atoms with Crippen LogP contribution in [0.3, 0.4) is 0 Å². The van der Waals surface area contributed by atoms with Gasteiger partial charge in [-0.1, -0.05) is 0 Å². The van der Waals surface area contributed by atoms with Gasteiger partial charge in [0.2, 0.25) is 0 Å². The molecule has 0 aliphatic rings. The van der Waals surface area contributed by atoms with E-state index >= 15 is 0 Å². The van der Waals surface area contributed by atoms with E-state index in [-0.39, 0.29) is 38.5 Å². The predicted molar refractivity (Wildman–Crippen MR) is 74.4 cm³/mol. The molecule has 0 rings (SSSR count). The van der Waals surface area contributed by atoms with Gasteiger partial charge in [0.25, 0.3) is 0 Å². The molecule has 0 bridgehead atoms. The predicted octanol–water partition coefficient (Wildman–Crippen LogP) is 0.416. The first-order chi connectivity index (χ1) is 11.2. The van der Waals surface area contributed by atoms with E-state index < -0.39 is 48.7 Å². The molecule has 0 atom stereocenters. The summed E-state index contributed by atoms with van der Waals surface area (Å²) in [6.07, 6.45) is -1.88. The van der Waals surface area contributed by atoms with Crippen LogP contribution in [0.25, 0.3) is 0 Å². The van der Waals surface area contributed by atoms with Crippen molar-refractivity contribution in [3.8, 4) is 0 Å². The summed E-state index contributed by atoms with van der Waals surface area (Å²) >= 11 is 0. The molecule has 0 spiro atoms. The van der Waals surface area contributed by atoms with Crippen LogP contribution in [-0.4, -0.2) is 46.0 Å². The number of carboxylic acids is 2. The Balaban J connectivity index is 3.86. The monoisotopic (exact) mass is 346 g/mol. The van der Waals surface area contributed by atoms with E-state index in [1.54, 1.807) is 0 Å². The minimum atomic E-state index is -1.08. The number of carbonyl (C=O) groups excluding carboxylic acids is 4. The van der Waals surface area contributed by atoms with Gasteiger partial charge in [-0.05, 0) is 12.8 Å². The quantitative estimate of drug-likeness (QED) is 0.396. The van der Waals surface area contributed by atoms with Crippen molar-refractivity contribution in [3.63, 3.8) is 0 Å². The summed E-state index contributed by atoms with van der Waals surface area (Å²) in [5.74, 6) is -5.95. The fraction of sp³-hybridized carbons (Fsp3) is 0.571. The smallest absolute Gasteiger partial charge is 0.314 e. The van der Waals surface area contributed by atoms with Crippen LogP contribution in [0, 0.1) is 0 Å². The lowest BCUT2D eigenvalue weighted by Gasteiger charge is -2.03. The van der Waals surface area contributed by atoms with Crippen molar-refractivity contribution in [3.05, 3.63) is 0 Å². The standard InChI is InChI=1S/C14H18O10/c15-9(16)3-1-5-11(19)23-13(21)7-8-14(22)24-12(20)6-2-4-10(17)18/h1-8H2,(H,15,16)(H,17,18). The average Bonchev–Trinajstić information content (AvgIpc) is 2.44. The summed E-state index contributed by atoms with van der Waals surface area (Å²) in [7, 11) is 0. The highest BCUT2D eigenvalue weighted by molar-refractivity contribution is 5.90. The van der Waals surface area contributed by atoms with Crippen molar-refractivity contribution in [1.29, 1.82) is 0 Å². The summed E-state index contributed by atoms with van der Waals surface area (Å²) in [6.45, 7) is 0. The molecule has 0 unspecified atom stereocenters. The Morgan fingerprint density at radius 1 is 0.500 bits per heavy atom. The molecule has 10 heteroatoms. The number of hydrogen-bond acceptors (Lipinski definition) is 8. The van der Waals surface area contributed by atoms with E-state index in [1.165, 1.54) is 0 Å². The van der Waals surface area contributed by atoms with Gasteiger partial charge in [0.1, 0.15) is 0 Å². The molecule has 2 N–H and O–H groups in total. The number of esters is 4. The lowest BCUT2D eigenvalue weighted by atomic mass is 10.2. The van der Waals surface area contributed by atoms with E-state index in [2.05, 4.69) is 9.47 Å². The average molecular weight is 346 g/mol. The number of carbonyl (C=O) groups is 6. The van der Waals surface area contributed by atoms with E-state index in [4.69, 9.17) is 10.2 Å². The fourth-order valence-electron chi connectivity index (χ4n) is 1.43. The summed E-state index contributed by atoms with van der Waals surface area (Å²) in [6, 6.07) is 0. The molecule has 0 saturated carbocycles. The van der Waals surface area contributed by atoms with E-state index in [1.807, 2.05) is 0 Å². The normalized spacial score (nSPS) is 9.83. The number of rotatable bonds is 11. The first kappa shape index (κ1) is 21.2. The first-order valence-electron chi connectivity index (χ1n) is 7.11. The van der Waals surface area contributed by atoms with Crippen molar-refractivity contribution in [2.75, 3.05) is 0 Å². The lowest BCUT2D eigenvalue weighted by molar-refractivity contribution is -0.165. The highest BCUT2D eigenvalue weighted by atomic mass is 16.6. The third-order valence-corrected chi connectivity index (χ3v) is 2.53. The zero-order chi connectivity index (χ0) is 18.5. The van der Waals surface area contributed by atoms with Crippen LogP contribution in [0.15, 0.2) is 0 Å². The Hall–Kier alpha value is -2.78. The Morgan fingerprint density at radius 2 is 0.792 bits per heavy atom. The molecule has 0 amide bonds. The molecule has 0 radical (unpaired) electrons. The van der Waals surface area contributed by atoms with Crippen LogP contribution >= 0.6 is 0 Å². The number of ether oxygens (including phenoxy) is 2. The van der Waals surface area contributed by atoms with Gasteiger partial charge in [0.15, 0.2) is 0 Å². The Morgan fingerprint density at radius 3 is 1.08 bits per heavy atom. The summed E-state index contributed by atoms with van der Waals surface area (Å²) in [4.78, 5) is 65.4. The van der Waals surface area contributed by atoms with Crippen molar-refractivity contribution < 1.29 is 48.5 Å². The van der Waals surface area contributed by atoms with Gasteiger partial charge in [-0.15, -0.1) is 0 Å². The molecule has 0 aliphatic heterocycles. The fourth-order valence-corrected chi connectivity index (χ4v) is 1.43. The largest absolute Gasteiger partial charge is 0.481 e. The van der Waals surface area contributed by atoms with E-state index in [0.29, 0.717) is 0 Å². The maximum atomic E-state index is 11.3. The molecule has 0 aromatic rings. The second-order valence-electron chi connectivity index (χ2n) is 4.69. The molecule has 0 saturated heterocycles. The molecular weight excluding hydrogens is 328 g/mol. The van der Waals surface area contributed by atoms with Crippen LogP contribution in [0.4, 0.5) is 0 Å². The topological polar surface area (TPSA) is 161 Å². The summed E-state index contributed by atoms with van der Waals surface area (Å²) in [5.41, 5.74) is 0. The summed E-state index contributed by atoms with van der Waals surface area (Å²) < 4.78 is 8.70. The Labute approximate surface area is 136 Å². The number of hydrogen-bond donors (Lipinski definition) is 2. The molecule has 10 nitrogen and oxygen atoms in total. The van der Waals surface area contributed by atoms with Crippen LogP contribution in [0.1, 0.15) is 51.4 Å². The molecular formula is C14H18O10. The Kier molecular flexibility index (Phi) is 10.4. The van der Waals surface area contributed by atoms with E-state index in [9.17, 15) is 28.8 Å². The zero-order valence-corrected chi connectivity index (χ0v) is 12.8. The third kappa shape index (κ3) is 12.9. The van der Waals surface area contributed by atoms with Crippen molar-refractivity contribution >= 4 is 35.8 Å². The van der Waals surface area contributed by atoms with Gasteiger partial charge < -0.3 is 19.7 Å². The first-order valence-corrected chi connectivity index (χ1v) is 7.11. The zero-order valence-electron chi connectivity index (χ0n) is 12.8. The van der Waals surface area contributed by atoms with Crippen LogP contribution in [-0.2, 0) is 38.2 Å². The highest BCUT2D eigenvalue weighted by Gasteiger charge is 2.16. The van der Waals surface area contributed by atoms with Gasteiger partial charge in [0, 0.05) is 25.7 Å². The van der Waals surface area contributed by atoms with Crippen LogP contribution in [0.5, 0.6) is 0 Å². The minimum absolute atomic E-state index is 0.0222. The molecule has 24 heavy (non-hydrogen) atoms. The molecule has 0 aliphatic carbocycles. The van der Waals surface area contributed by atoms with Crippen molar-refractivity contribution in [2.45, 2.75) is 51.4 Å². The highest BCUT2D eigenvalue weighted by Crippen LogP contribution is 2.03. The van der Waals surface area contributed by atoms with Crippen molar-refractivity contribution in [2.24, 2.45) is 0 Å². The molecule has 0 heterocycles. The van der Waals surface area contributed by atoms with Gasteiger partial charge in [-0.2, -0.15) is 0 Å². The van der Waals surface area contributed by atoms with Crippen molar-refractivity contribution in [1.82, 2.24) is 0 Å². The molecule has 0 aromatic heterocycles.